The lowest BCUT2D eigenvalue weighted by Crippen LogP contribution is -2.55. The maximum Gasteiger partial charge on any atom is 0.282 e. The Morgan fingerprint density at radius 2 is 1.71 bits per heavy atom. The van der Waals surface area contributed by atoms with E-state index in [1.165, 1.54) is 8.61 Å². The zero-order valence-corrected chi connectivity index (χ0v) is 15.0. The van der Waals surface area contributed by atoms with Crippen LogP contribution in [0, 0.1) is 5.92 Å². The summed E-state index contributed by atoms with van der Waals surface area (Å²) in [5, 5.41) is 3.32. The first-order chi connectivity index (χ1) is 11.6. The van der Waals surface area contributed by atoms with E-state index in [0.29, 0.717) is 64.8 Å². The number of hydrogen-bond donors (Lipinski definition) is 1. The van der Waals surface area contributed by atoms with E-state index in [9.17, 15) is 13.2 Å². The number of morpholine rings is 1. The fourth-order valence-electron chi connectivity index (χ4n) is 3.56. The summed E-state index contributed by atoms with van der Waals surface area (Å²) >= 11 is 0. The van der Waals surface area contributed by atoms with Crippen LogP contribution in [0.25, 0.3) is 0 Å². The van der Waals surface area contributed by atoms with Crippen LogP contribution in [0.4, 0.5) is 0 Å². The Labute approximate surface area is 144 Å². The standard InChI is InChI=1S/C15H28N4O4S/c20-15(2-1-14-3-4-16-13-14)17-5-7-18(8-6-17)24(21,22)19-9-11-23-12-10-19/h14,16H,1-13H2. The van der Waals surface area contributed by atoms with Gasteiger partial charge in [0.15, 0.2) is 0 Å². The average molecular weight is 360 g/mol. The second-order valence-electron chi connectivity index (χ2n) is 6.70. The fraction of sp³-hybridized carbons (Fsp3) is 0.933. The van der Waals surface area contributed by atoms with Gasteiger partial charge in [0.1, 0.15) is 0 Å². The molecule has 1 atom stereocenters. The van der Waals surface area contributed by atoms with Crippen molar-refractivity contribution in [2.24, 2.45) is 5.92 Å². The molecule has 1 amide bonds. The molecule has 0 aromatic heterocycles. The van der Waals surface area contributed by atoms with Crippen molar-refractivity contribution in [1.29, 1.82) is 0 Å². The smallest absolute Gasteiger partial charge is 0.282 e. The van der Waals surface area contributed by atoms with E-state index in [4.69, 9.17) is 4.74 Å². The van der Waals surface area contributed by atoms with Crippen LogP contribution in [0.2, 0.25) is 0 Å². The van der Waals surface area contributed by atoms with Gasteiger partial charge in [-0.25, -0.2) is 0 Å². The van der Waals surface area contributed by atoms with Crippen molar-refractivity contribution in [3.05, 3.63) is 0 Å². The van der Waals surface area contributed by atoms with Gasteiger partial charge < -0.3 is 15.0 Å². The summed E-state index contributed by atoms with van der Waals surface area (Å²) in [6.07, 6.45) is 2.65. The highest BCUT2D eigenvalue weighted by Crippen LogP contribution is 2.17. The summed E-state index contributed by atoms with van der Waals surface area (Å²) in [6, 6.07) is 0. The third-order valence-electron chi connectivity index (χ3n) is 5.14. The molecular formula is C15H28N4O4S. The van der Waals surface area contributed by atoms with Gasteiger partial charge in [0.25, 0.3) is 10.2 Å². The van der Waals surface area contributed by atoms with E-state index < -0.39 is 10.2 Å². The molecule has 1 N–H and O–H groups in total. The molecule has 3 heterocycles. The van der Waals surface area contributed by atoms with Gasteiger partial charge in [-0.05, 0) is 31.8 Å². The predicted octanol–water partition coefficient (Wildman–Crippen LogP) is -0.903. The van der Waals surface area contributed by atoms with Crippen LogP contribution in [-0.2, 0) is 19.7 Å². The zero-order valence-electron chi connectivity index (χ0n) is 14.2. The van der Waals surface area contributed by atoms with Crippen LogP contribution in [0.5, 0.6) is 0 Å². The molecule has 3 rings (SSSR count). The van der Waals surface area contributed by atoms with Gasteiger partial charge in [0.2, 0.25) is 5.91 Å². The van der Waals surface area contributed by atoms with E-state index in [-0.39, 0.29) is 5.91 Å². The van der Waals surface area contributed by atoms with E-state index >= 15 is 0 Å². The third-order valence-corrected chi connectivity index (χ3v) is 7.18. The molecule has 0 aromatic rings. The van der Waals surface area contributed by atoms with E-state index in [1.54, 1.807) is 0 Å². The van der Waals surface area contributed by atoms with Gasteiger partial charge in [-0.2, -0.15) is 17.0 Å². The molecule has 0 saturated carbocycles. The molecule has 0 aliphatic carbocycles. The number of ether oxygens (including phenoxy) is 1. The van der Waals surface area contributed by atoms with Crippen molar-refractivity contribution in [2.45, 2.75) is 19.3 Å². The minimum absolute atomic E-state index is 0.158. The SMILES string of the molecule is O=C(CCC1CCNC1)N1CCN(S(=O)(=O)N2CCOCC2)CC1. The lowest BCUT2D eigenvalue weighted by Gasteiger charge is -2.37. The molecule has 138 valence electrons. The number of nitrogens with zero attached hydrogens (tertiary/aromatic N) is 3. The average Bonchev–Trinajstić information content (AvgIpc) is 3.14. The van der Waals surface area contributed by atoms with Crippen molar-refractivity contribution in [1.82, 2.24) is 18.8 Å². The van der Waals surface area contributed by atoms with Crippen LogP contribution in [-0.4, -0.2) is 93.4 Å². The summed E-state index contributed by atoms with van der Waals surface area (Å²) in [7, 11) is -3.42. The van der Waals surface area contributed by atoms with Crippen molar-refractivity contribution in [3.8, 4) is 0 Å². The Balaban J connectivity index is 1.45. The summed E-state index contributed by atoms with van der Waals surface area (Å²) in [4.78, 5) is 14.1. The quantitative estimate of drug-likeness (QED) is 0.687. The minimum Gasteiger partial charge on any atom is -0.379 e. The Kier molecular flexibility index (Phi) is 6.09. The lowest BCUT2D eigenvalue weighted by molar-refractivity contribution is -0.132. The summed E-state index contributed by atoms with van der Waals surface area (Å²) in [5.41, 5.74) is 0. The van der Waals surface area contributed by atoms with Crippen molar-refractivity contribution in [2.75, 3.05) is 65.6 Å². The third kappa shape index (κ3) is 4.26. The van der Waals surface area contributed by atoms with Crippen LogP contribution in [0.15, 0.2) is 0 Å². The second kappa shape index (κ2) is 8.09. The van der Waals surface area contributed by atoms with Gasteiger partial charge in [-0.1, -0.05) is 0 Å². The second-order valence-corrected chi connectivity index (χ2v) is 8.62. The largest absolute Gasteiger partial charge is 0.379 e. The lowest BCUT2D eigenvalue weighted by atomic mass is 10.0. The molecule has 0 bridgehead atoms. The van der Waals surface area contributed by atoms with Gasteiger partial charge in [-0.15, -0.1) is 0 Å². The number of amides is 1. The normalized spacial score (nSPS) is 27.5. The molecule has 0 spiro atoms. The van der Waals surface area contributed by atoms with E-state index in [1.807, 2.05) is 4.90 Å². The van der Waals surface area contributed by atoms with Crippen LogP contribution in [0.3, 0.4) is 0 Å². The zero-order chi connectivity index (χ0) is 17.0. The molecule has 9 heteroatoms. The first-order valence-electron chi connectivity index (χ1n) is 8.89. The molecule has 3 saturated heterocycles. The molecule has 3 aliphatic heterocycles. The Bertz CT molecular complexity index is 522. The van der Waals surface area contributed by atoms with Gasteiger partial charge in [0, 0.05) is 45.7 Å². The molecule has 0 radical (unpaired) electrons. The first kappa shape index (κ1) is 18.1. The monoisotopic (exact) mass is 360 g/mol. The Morgan fingerprint density at radius 3 is 2.33 bits per heavy atom. The fourth-order valence-corrected chi connectivity index (χ4v) is 5.12. The topological polar surface area (TPSA) is 82.2 Å². The van der Waals surface area contributed by atoms with Gasteiger partial charge in [-0.3, -0.25) is 4.79 Å². The molecule has 8 nitrogen and oxygen atoms in total. The first-order valence-corrected chi connectivity index (χ1v) is 10.3. The van der Waals surface area contributed by atoms with Crippen molar-refractivity contribution >= 4 is 16.1 Å². The highest BCUT2D eigenvalue weighted by Gasteiger charge is 2.34. The Hall–Kier alpha value is -0.740. The number of rotatable bonds is 5. The summed E-state index contributed by atoms with van der Waals surface area (Å²) in [5.74, 6) is 0.766. The maximum atomic E-state index is 12.6. The summed E-state index contributed by atoms with van der Waals surface area (Å²) < 4.78 is 33.4. The minimum atomic E-state index is -3.42. The molecule has 3 fully saturated rings. The van der Waals surface area contributed by atoms with Crippen LogP contribution in [0.1, 0.15) is 19.3 Å². The predicted molar refractivity (Wildman–Crippen MR) is 89.7 cm³/mol. The van der Waals surface area contributed by atoms with Crippen LogP contribution >= 0.6 is 0 Å². The van der Waals surface area contributed by atoms with Crippen LogP contribution < -0.4 is 5.32 Å². The molecule has 1 unspecified atom stereocenters. The van der Waals surface area contributed by atoms with Gasteiger partial charge >= 0.3 is 0 Å². The highest BCUT2D eigenvalue weighted by molar-refractivity contribution is 7.86. The molecular weight excluding hydrogens is 332 g/mol. The summed E-state index contributed by atoms with van der Waals surface area (Å²) in [6.45, 7) is 5.55. The highest BCUT2D eigenvalue weighted by atomic mass is 32.2. The van der Waals surface area contributed by atoms with Crippen molar-refractivity contribution in [3.63, 3.8) is 0 Å². The van der Waals surface area contributed by atoms with E-state index in [0.717, 1.165) is 25.9 Å². The van der Waals surface area contributed by atoms with E-state index in [2.05, 4.69) is 5.32 Å². The molecule has 24 heavy (non-hydrogen) atoms. The van der Waals surface area contributed by atoms with Gasteiger partial charge in [0.05, 0.1) is 13.2 Å². The number of nitrogens with one attached hydrogen (secondary N) is 1. The Morgan fingerprint density at radius 1 is 1.04 bits per heavy atom. The molecule has 3 aliphatic rings. The number of hydrogen-bond acceptors (Lipinski definition) is 5. The van der Waals surface area contributed by atoms with Crippen molar-refractivity contribution < 1.29 is 17.9 Å². The molecule has 0 aromatic carbocycles. The number of piperazine rings is 1. The number of carbonyl (C=O) groups excluding carboxylic acids is 1. The number of carbonyl (C=O) groups is 1. The maximum absolute atomic E-state index is 12.6.